The molecule has 0 bridgehead atoms. The number of nitrogens with one attached hydrogen (secondary N) is 3. The van der Waals surface area contributed by atoms with Crippen molar-refractivity contribution < 1.29 is 4.79 Å². The fourth-order valence-electron chi connectivity index (χ4n) is 1.49. The second-order valence-corrected chi connectivity index (χ2v) is 4.56. The Hall–Kier alpha value is -0.610. The van der Waals surface area contributed by atoms with Crippen LogP contribution in [0.25, 0.3) is 0 Å². The van der Waals surface area contributed by atoms with Crippen LogP contribution in [0.1, 0.15) is 46.5 Å². The molecular formula is C13H29N3O. The van der Waals surface area contributed by atoms with E-state index in [9.17, 15) is 4.79 Å². The molecule has 1 atom stereocenters. The average molecular weight is 243 g/mol. The van der Waals surface area contributed by atoms with Gasteiger partial charge in [0.25, 0.3) is 0 Å². The van der Waals surface area contributed by atoms with Gasteiger partial charge in [0, 0.05) is 32.6 Å². The van der Waals surface area contributed by atoms with E-state index in [1.54, 1.807) is 6.92 Å². The highest BCUT2D eigenvalue weighted by atomic mass is 16.1. The molecule has 0 aliphatic rings. The second-order valence-electron chi connectivity index (χ2n) is 4.56. The number of hydrogen-bond donors (Lipinski definition) is 3. The van der Waals surface area contributed by atoms with Gasteiger partial charge in [0.15, 0.2) is 0 Å². The molecule has 0 heterocycles. The molecule has 0 fully saturated rings. The number of rotatable bonds is 11. The van der Waals surface area contributed by atoms with Crippen LogP contribution >= 0.6 is 0 Å². The van der Waals surface area contributed by atoms with E-state index >= 15 is 0 Å². The molecule has 0 saturated heterocycles. The largest absolute Gasteiger partial charge is 0.356 e. The smallest absolute Gasteiger partial charge is 0.216 e. The first-order chi connectivity index (χ1) is 8.16. The zero-order valence-corrected chi connectivity index (χ0v) is 11.6. The van der Waals surface area contributed by atoms with Crippen molar-refractivity contribution in [2.24, 2.45) is 0 Å². The third-order valence-corrected chi connectivity index (χ3v) is 2.81. The summed E-state index contributed by atoms with van der Waals surface area (Å²) in [4.78, 5) is 10.6. The summed E-state index contributed by atoms with van der Waals surface area (Å²) in [6.45, 7) is 9.93. The van der Waals surface area contributed by atoms with Gasteiger partial charge in [0.1, 0.15) is 0 Å². The van der Waals surface area contributed by atoms with Gasteiger partial charge >= 0.3 is 0 Å². The molecule has 102 valence electrons. The van der Waals surface area contributed by atoms with E-state index < -0.39 is 0 Å². The monoisotopic (exact) mass is 243 g/mol. The lowest BCUT2D eigenvalue weighted by Gasteiger charge is -2.11. The molecule has 0 saturated carbocycles. The van der Waals surface area contributed by atoms with Crippen molar-refractivity contribution in [3.8, 4) is 0 Å². The van der Waals surface area contributed by atoms with Crippen molar-refractivity contribution >= 4 is 5.91 Å². The van der Waals surface area contributed by atoms with Gasteiger partial charge in [-0.25, -0.2) is 0 Å². The van der Waals surface area contributed by atoms with Crippen LogP contribution in [0.5, 0.6) is 0 Å². The summed E-state index contributed by atoms with van der Waals surface area (Å²) in [5.41, 5.74) is 0. The Kier molecular flexibility index (Phi) is 11.4. The average Bonchev–Trinajstić information content (AvgIpc) is 2.30. The highest BCUT2D eigenvalue weighted by molar-refractivity contribution is 5.72. The van der Waals surface area contributed by atoms with E-state index in [2.05, 4.69) is 29.8 Å². The van der Waals surface area contributed by atoms with E-state index in [-0.39, 0.29) is 5.91 Å². The minimum absolute atomic E-state index is 0.0687. The van der Waals surface area contributed by atoms with Gasteiger partial charge in [-0.15, -0.1) is 0 Å². The van der Waals surface area contributed by atoms with E-state index in [1.165, 1.54) is 19.3 Å². The van der Waals surface area contributed by atoms with Crippen molar-refractivity contribution in [3.63, 3.8) is 0 Å². The van der Waals surface area contributed by atoms with Gasteiger partial charge in [-0.1, -0.05) is 13.3 Å². The normalized spacial score (nSPS) is 12.4. The maximum Gasteiger partial charge on any atom is 0.216 e. The Morgan fingerprint density at radius 3 is 2.41 bits per heavy atom. The number of amides is 1. The summed E-state index contributed by atoms with van der Waals surface area (Å²) in [6, 6.07) is 0.620. The molecular weight excluding hydrogens is 214 g/mol. The summed E-state index contributed by atoms with van der Waals surface area (Å²) in [6.07, 6.45) is 4.62. The maximum absolute atomic E-state index is 10.6. The van der Waals surface area contributed by atoms with Crippen LogP contribution in [-0.2, 0) is 4.79 Å². The molecule has 1 unspecified atom stereocenters. The van der Waals surface area contributed by atoms with Gasteiger partial charge in [-0.05, 0) is 32.7 Å². The summed E-state index contributed by atoms with van der Waals surface area (Å²) >= 11 is 0. The van der Waals surface area contributed by atoms with Gasteiger partial charge in [-0.3, -0.25) is 4.79 Å². The quantitative estimate of drug-likeness (QED) is 0.479. The summed E-state index contributed by atoms with van der Waals surface area (Å²) in [7, 11) is 0. The third-order valence-electron chi connectivity index (χ3n) is 2.81. The molecule has 0 aromatic rings. The molecule has 0 aromatic carbocycles. The molecule has 0 aliphatic carbocycles. The lowest BCUT2D eigenvalue weighted by molar-refractivity contribution is -0.118. The van der Waals surface area contributed by atoms with Crippen LogP contribution in [0.4, 0.5) is 0 Å². The van der Waals surface area contributed by atoms with E-state index in [1.807, 2.05) is 0 Å². The van der Waals surface area contributed by atoms with E-state index in [4.69, 9.17) is 0 Å². The number of carbonyl (C=O) groups excluding carboxylic acids is 1. The molecule has 3 N–H and O–H groups in total. The second kappa shape index (κ2) is 11.9. The van der Waals surface area contributed by atoms with Gasteiger partial charge in [0.2, 0.25) is 5.91 Å². The fourth-order valence-corrected chi connectivity index (χ4v) is 1.49. The fraction of sp³-hybridized carbons (Fsp3) is 0.923. The van der Waals surface area contributed by atoms with Crippen LogP contribution < -0.4 is 16.0 Å². The number of hydrogen-bond acceptors (Lipinski definition) is 3. The van der Waals surface area contributed by atoms with Crippen molar-refractivity contribution in [1.29, 1.82) is 0 Å². The highest BCUT2D eigenvalue weighted by Crippen LogP contribution is 1.92. The lowest BCUT2D eigenvalue weighted by Crippen LogP contribution is -2.33. The molecule has 0 radical (unpaired) electrons. The topological polar surface area (TPSA) is 53.2 Å². The molecule has 0 rings (SSSR count). The first-order valence-electron chi connectivity index (χ1n) is 6.85. The molecule has 0 spiro atoms. The molecule has 0 aromatic heterocycles. The predicted octanol–water partition coefficient (Wildman–Crippen LogP) is 1.27. The summed E-state index contributed by atoms with van der Waals surface area (Å²) in [5.74, 6) is 0.0687. The predicted molar refractivity (Wildman–Crippen MR) is 73.2 cm³/mol. The van der Waals surface area contributed by atoms with Crippen molar-refractivity contribution in [2.75, 3.05) is 26.2 Å². The maximum atomic E-state index is 10.6. The molecule has 1 amide bonds. The first kappa shape index (κ1) is 16.4. The Bertz CT molecular complexity index is 186. The summed E-state index contributed by atoms with van der Waals surface area (Å²) < 4.78 is 0. The third kappa shape index (κ3) is 13.3. The lowest BCUT2D eigenvalue weighted by atomic mass is 10.2. The number of carbonyl (C=O) groups is 1. The molecule has 4 nitrogen and oxygen atoms in total. The molecule has 4 heteroatoms. The Morgan fingerprint density at radius 1 is 1.06 bits per heavy atom. The molecule has 0 aliphatic heterocycles. The Labute approximate surface area is 106 Å². The summed E-state index contributed by atoms with van der Waals surface area (Å²) in [5, 5.41) is 9.67. The minimum Gasteiger partial charge on any atom is -0.356 e. The standard InChI is InChI=1S/C13H29N3O/c1-4-12(2)15-11-10-14-8-6-5-7-9-16-13(3)17/h12,14-15H,4-11H2,1-3H3,(H,16,17). The zero-order chi connectivity index (χ0) is 12.9. The Morgan fingerprint density at radius 2 is 1.76 bits per heavy atom. The highest BCUT2D eigenvalue weighted by Gasteiger charge is 1.95. The van der Waals surface area contributed by atoms with Crippen LogP contribution in [0, 0.1) is 0 Å². The van der Waals surface area contributed by atoms with Crippen molar-refractivity contribution in [2.45, 2.75) is 52.5 Å². The van der Waals surface area contributed by atoms with Crippen LogP contribution in [0.15, 0.2) is 0 Å². The number of unbranched alkanes of at least 4 members (excludes halogenated alkanes) is 2. The Balaban J connectivity index is 3.01. The minimum atomic E-state index is 0.0687. The molecule has 17 heavy (non-hydrogen) atoms. The van der Waals surface area contributed by atoms with Crippen LogP contribution in [0.2, 0.25) is 0 Å². The van der Waals surface area contributed by atoms with Gasteiger partial charge in [0.05, 0.1) is 0 Å². The van der Waals surface area contributed by atoms with Crippen molar-refractivity contribution in [3.05, 3.63) is 0 Å². The van der Waals surface area contributed by atoms with E-state index in [0.717, 1.165) is 32.6 Å². The van der Waals surface area contributed by atoms with Gasteiger partial charge < -0.3 is 16.0 Å². The first-order valence-corrected chi connectivity index (χ1v) is 6.85. The zero-order valence-electron chi connectivity index (χ0n) is 11.6. The van der Waals surface area contributed by atoms with Gasteiger partial charge in [-0.2, -0.15) is 0 Å². The SMILES string of the molecule is CCC(C)NCCNCCCCCNC(C)=O. The van der Waals surface area contributed by atoms with E-state index in [0.29, 0.717) is 6.04 Å². The van der Waals surface area contributed by atoms with Crippen molar-refractivity contribution in [1.82, 2.24) is 16.0 Å². The van der Waals surface area contributed by atoms with Crippen LogP contribution in [-0.4, -0.2) is 38.1 Å². The van der Waals surface area contributed by atoms with Crippen LogP contribution in [0.3, 0.4) is 0 Å².